The summed E-state index contributed by atoms with van der Waals surface area (Å²) in [4.78, 5) is 49.1. The highest BCUT2D eigenvalue weighted by Gasteiger charge is 2.39. The third-order valence-corrected chi connectivity index (χ3v) is 4.90. The molecule has 1 atom stereocenters. The predicted molar refractivity (Wildman–Crippen MR) is 109 cm³/mol. The van der Waals surface area contributed by atoms with Crippen molar-refractivity contribution in [3.63, 3.8) is 0 Å². The number of rotatable bonds is 8. The summed E-state index contributed by atoms with van der Waals surface area (Å²) in [6, 6.07) is 15.3. The number of ether oxygens (including phenoxy) is 4. The van der Waals surface area contributed by atoms with Crippen LogP contribution in [-0.4, -0.2) is 52.3 Å². The van der Waals surface area contributed by atoms with Crippen LogP contribution in [-0.2, 0) is 38.1 Å². The first-order valence-corrected chi connectivity index (χ1v) is 9.35. The molecular weight excluding hydrogens is 404 g/mol. The maximum Gasteiger partial charge on any atom is 0.324 e. The second-order valence-corrected chi connectivity index (χ2v) is 6.56. The van der Waals surface area contributed by atoms with Gasteiger partial charge in [-0.25, -0.2) is 0 Å². The molecule has 0 fully saturated rings. The van der Waals surface area contributed by atoms with Crippen LogP contribution in [0.3, 0.4) is 0 Å². The maximum absolute atomic E-state index is 12.5. The van der Waals surface area contributed by atoms with Crippen LogP contribution in [0, 0.1) is 5.92 Å². The van der Waals surface area contributed by atoms with Crippen LogP contribution in [0.15, 0.2) is 54.6 Å². The van der Waals surface area contributed by atoms with E-state index in [0.717, 1.165) is 0 Å². The van der Waals surface area contributed by atoms with E-state index in [9.17, 15) is 19.2 Å². The van der Waals surface area contributed by atoms with Gasteiger partial charge in [-0.2, -0.15) is 0 Å². The van der Waals surface area contributed by atoms with Crippen molar-refractivity contribution in [2.45, 2.75) is 11.8 Å². The standard InChI is InChI=1S/C23H24O8/c1-28-20(24)18(21(25)29-2)16-12-10-15(11-13-16)17(14-8-6-5-7-9-14)19(22(26)30-3)23(27)31-4/h5-13,17-19H,1-4H3/t17-/m1/s1. The first kappa shape index (κ1) is 23.6. The van der Waals surface area contributed by atoms with Gasteiger partial charge in [-0.05, 0) is 16.7 Å². The van der Waals surface area contributed by atoms with Gasteiger partial charge in [0.1, 0.15) is 0 Å². The molecule has 0 heterocycles. The fraction of sp³-hybridized carbons (Fsp3) is 0.304. The summed E-state index contributed by atoms with van der Waals surface area (Å²) < 4.78 is 19.1. The maximum atomic E-state index is 12.5. The number of hydrogen-bond acceptors (Lipinski definition) is 8. The van der Waals surface area contributed by atoms with Gasteiger partial charge in [0.25, 0.3) is 0 Å². The Kier molecular flexibility index (Phi) is 8.31. The molecule has 8 heteroatoms. The summed E-state index contributed by atoms with van der Waals surface area (Å²) in [6.45, 7) is 0. The molecule has 164 valence electrons. The van der Waals surface area contributed by atoms with Crippen molar-refractivity contribution in [3.8, 4) is 0 Å². The zero-order valence-electron chi connectivity index (χ0n) is 17.7. The Balaban J connectivity index is 2.57. The fourth-order valence-corrected chi connectivity index (χ4v) is 3.36. The molecule has 0 aromatic heterocycles. The molecule has 0 radical (unpaired) electrons. The summed E-state index contributed by atoms with van der Waals surface area (Å²) in [5.41, 5.74) is 1.62. The molecule has 31 heavy (non-hydrogen) atoms. The molecule has 2 aromatic carbocycles. The van der Waals surface area contributed by atoms with E-state index in [1.165, 1.54) is 28.4 Å². The summed E-state index contributed by atoms with van der Waals surface area (Å²) in [6.07, 6.45) is 0. The molecule has 0 saturated heterocycles. The van der Waals surface area contributed by atoms with E-state index in [0.29, 0.717) is 16.7 Å². The van der Waals surface area contributed by atoms with Crippen LogP contribution in [0.5, 0.6) is 0 Å². The topological polar surface area (TPSA) is 105 Å². The number of carbonyl (C=O) groups is 4. The number of esters is 4. The molecule has 8 nitrogen and oxygen atoms in total. The van der Waals surface area contributed by atoms with Gasteiger partial charge >= 0.3 is 23.9 Å². The number of hydrogen-bond donors (Lipinski definition) is 0. The highest BCUT2D eigenvalue weighted by molar-refractivity contribution is 6.00. The highest BCUT2D eigenvalue weighted by atomic mass is 16.5. The Hall–Kier alpha value is -3.68. The van der Waals surface area contributed by atoms with Crippen molar-refractivity contribution >= 4 is 23.9 Å². The molecule has 2 rings (SSSR count). The summed E-state index contributed by atoms with van der Waals surface area (Å²) in [5.74, 6) is -6.23. The minimum atomic E-state index is -1.25. The lowest BCUT2D eigenvalue weighted by atomic mass is 9.80. The lowest BCUT2D eigenvalue weighted by Gasteiger charge is -2.25. The van der Waals surface area contributed by atoms with Gasteiger partial charge in [0.2, 0.25) is 0 Å². The molecule has 0 aliphatic rings. The van der Waals surface area contributed by atoms with Gasteiger partial charge in [-0.1, -0.05) is 54.6 Å². The second kappa shape index (κ2) is 10.9. The number of benzene rings is 2. The second-order valence-electron chi connectivity index (χ2n) is 6.56. The molecule has 0 bridgehead atoms. The normalized spacial score (nSPS) is 11.5. The molecule has 0 unspecified atom stereocenters. The minimum absolute atomic E-state index is 0.349. The summed E-state index contributed by atoms with van der Waals surface area (Å²) >= 11 is 0. The molecule has 0 amide bonds. The van der Waals surface area contributed by atoms with E-state index in [1.807, 2.05) is 6.07 Å². The third kappa shape index (κ3) is 5.28. The van der Waals surface area contributed by atoms with Crippen LogP contribution >= 0.6 is 0 Å². The van der Waals surface area contributed by atoms with Crippen molar-refractivity contribution in [1.29, 1.82) is 0 Å². The van der Waals surface area contributed by atoms with Crippen LogP contribution in [0.4, 0.5) is 0 Å². The Morgan fingerprint density at radius 3 is 1.35 bits per heavy atom. The summed E-state index contributed by atoms with van der Waals surface area (Å²) in [7, 11) is 4.74. The van der Waals surface area contributed by atoms with Crippen LogP contribution in [0.1, 0.15) is 28.5 Å². The van der Waals surface area contributed by atoms with Gasteiger partial charge in [-0.15, -0.1) is 0 Å². The van der Waals surface area contributed by atoms with E-state index >= 15 is 0 Å². The van der Waals surface area contributed by atoms with Crippen molar-refractivity contribution in [3.05, 3.63) is 71.3 Å². The van der Waals surface area contributed by atoms with Gasteiger partial charge in [0.05, 0.1) is 28.4 Å². The highest BCUT2D eigenvalue weighted by Crippen LogP contribution is 2.35. The third-order valence-electron chi connectivity index (χ3n) is 4.90. The Bertz CT molecular complexity index is 888. The SMILES string of the molecule is COC(=O)C(C(=O)OC)c1ccc([C@@H](c2ccccc2)C(C(=O)OC)C(=O)OC)cc1. The summed E-state index contributed by atoms with van der Waals surface area (Å²) in [5, 5.41) is 0. The molecule has 0 aliphatic heterocycles. The van der Waals surface area contributed by atoms with Crippen molar-refractivity contribution in [2.75, 3.05) is 28.4 Å². The van der Waals surface area contributed by atoms with E-state index < -0.39 is 41.6 Å². The Labute approximate surface area is 180 Å². The van der Waals surface area contributed by atoms with Crippen molar-refractivity contribution in [1.82, 2.24) is 0 Å². The first-order chi connectivity index (χ1) is 14.9. The first-order valence-electron chi connectivity index (χ1n) is 9.35. The Morgan fingerprint density at radius 2 is 0.935 bits per heavy atom. The average Bonchev–Trinajstić information content (AvgIpc) is 2.82. The van der Waals surface area contributed by atoms with E-state index in [-0.39, 0.29) is 0 Å². The molecular formula is C23H24O8. The number of carbonyl (C=O) groups excluding carboxylic acids is 4. The van der Waals surface area contributed by atoms with E-state index in [4.69, 9.17) is 18.9 Å². The number of methoxy groups -OCH3 is 4. The Morgan fingerprint density at radius 1 is 0.548 bits per heavy atom. The lowest BCUT2D eigenvalue weighted by molar-refractivity contribution is -0.159. The van der Waals surface area contributed by atoms with Crippen LogP contribution < -0.4 is 0 Å². The fourth-order valence-electron chi connectivity index (χ4n) is 3.36. The zero-order valence-corrected chi connectivity index (χ0v) is 17.7. The van der Waals surface area contributed by atoms with Crippen LogP contribution in [0.25, 0.3) is 0 Å². The quantitative estimate of drug-likeness (QED) is 0.358. The predicted octanol–water partition coefficient (Wildman–Crippen LogP) is 2.21. The zero-order chi connectivity index (χ0) is 23.0. The van der Waals surface area contributed by atoms with Gasteiger partial charge in [0.15, 0.2) is 11.8 Å². The van der Waals surface area contributed by atoms with Crippen molar-refractivity contribution < 1.29 is 38.1 Å². The molecule has 0 aliphatic carbocycles. The van der Waals surface area contributed by atoms with Gasteiger partial charge in [0, 0.05) is 5.92 Å². The van der Waals surface area contributed by atoms with Gasteiger partial charge < -0.3 is 18.9 Å². The average molecular weight is 428 g/mol. The smallest absolute Gasteiger partial charge is 0.324 e. The lowest BCUT2D eigenvalue weighted by Crippen LogP contribution is -2.33. The van der Waals surface area contributed by atoms with Crippen LogP contribution in [0.2, 0.25) is 0 Å². The molecule has 0 spiro atoms. The molecule has 0 saturated carbocycles. The molecule has 2 aromatic rings. The minimum Gasteiger partial charge on any atom is -0.468 e. The van der Waals surface area contributed by atoms with E-state index in [1.54, 1.807) is 48.5 Å². The van der Waals surface area contributed by atoms with Gasteiger partial charge in [-0.3, -0.25) is 19.2 Å². The monoisotopic (exact) mass is 428 g/mol. The van der Waals surface area contributed by atoms with Crippen molar-refractivity contribution in [2.24, 2.45) is 5.92 Å². The van der Waals surface area contributed by atoms with E-state index in [2.05, 4.69) is 0 Å². The largest absolute Gasteiger partial charge is 0.468 e. The molecule has 0 N–H and O–H groups in total.